The maximum Gasteiger partial charge on any atom is 0.240 e. The van der Waals surface area contributed by atoms with Gasteiger partial charge in [0.15, 0.2) is 0 Å². The first-order valence-electron chi connectivity index (χ1n) is 7.79. The molecule has 0 unspecified atom stereocenters. The average molecular weight is 347 g/mol. The van der Waals surface area contributed by atoms with Crippen LogP contribution < -0.4 is 10.0 Å². The molecule has 1 saturated heterocycles. The van der Waals surface area contributed by atoms with E-state index in [1.165, 1.54) is 5.56 Å². The average Bonchev–Trinajstić information content (AvgIpc) is 2.46. The molecule has 1 aliphatic heterocycles. The Bertz CT molecular complexity index is 538. The van der Waals surface area contributed by atoms with Gasteiger partial charge in [-0.2, -0.15) is 0 Å². The van der Waals surface area contributed by atoms with E-state index in [2.05, 4.69) is 23.9 Å². The monoisotopic (exact) mass is 346 g/mol. The van der Waals surface area contributed by atoms with Gasteiger partial charge in [-0.15, -0.1) is 12.4 Å². The standard InChI is InChI=1S/C16H26N2O2S.ClH/c1-13(2)3-4-14-5-7-16(8-6-14)21(19,20)18-15-9-11-17-12-10-15;/h5-8,13,15,17-18H,3-4,9-12H2,1-2H3;1H. The quantitative estimate of drug-likeness (QED) is 0.832. The van der Waals surface area contributed by atoms with Crippen LogP contribution in [0.25, 0.3) is 0 Å². The van der Waals surface area contributed by atoms with Gasteiger partial charge in [0.2, 0.25) is 10.0 Å². The van der Waals surface area contributed by atoms with Crippen molar-refractivity contribution in [2.24, 2.45) is 5.92 Å². The van der Waals surface area contributed by atoms with E-state index in [1.54, 1.807) is 12.1 Å². The molecule has 4 nitrogen and oxygen atoms in total. The predicted molar refractivity (Wildman–Crippen MR) is 93.1 cm³/mol. The Balaban J connectivity index is 0.00000242. The van der Waals surface area contributed by atoms with Gasteiger partial charge in [0.1, 0.15) is 0 Å². The van der Waals surface area contributed by atoms with Gasteiger partial charge < -0.3 is 5.32 Å². The molecule has 6 heteroatoms. The van der Waals surface area contributed by atoms with E-state index in [-0.39, 0.29) is 18.4 Å². The minimum Gasteiger partial charge on any atom is -0.317 e. The van der Waals surface area contributed by atoms with Crippen molar-refractivity contribution in [2.45, 2.75) is 50.5 Å². The fourth-order valence-corrected chi connectivity index (χ4v) is 3.82. The van der Waals surface area contributed by atoms with E-state index in [0.29, 0.717) is 10.8 Å². The number of benzene rings is 1. The van der Waals surface area contributed by atoms with Crippen LogP contribution in [0.3, 0.4) is 0 Å². The summed E-state index contributed by atoms with van der Waals surface area (Å²) < 4.78 is 27.5. The van der Waals surface area contributed by atoms with Crippen molar-refractivity contribution in [1.82, 2.24) is 10.0 Å². The zero-order chi connectivity index (χ0) is 15.3. The minimum absolute atomic E-state index is 0. The van der Waals surface area contributed by atoms with Crippen LogP contribution in [0.4, 0.5) is 0 Å². The first-order chi connectivity index (χ1) is 9.97. The Morgan fingerprint density at radius 3 is 2.32 bits per heavy atom. The molecule has 0 aliphatic carbocycles. The Kier molecular flexibility index (Phi) is 7.83. The second-order valence-electron chi connectivity index (χ2n) is 6.22. The van der Waals surface area contributed by atoms with Gasteiger partial charge in [-0.05, 0) is 62.4 Å². The highest BCUT2D eigenvalue weighted by Gasteiger charge is 2.21. The van der Waals surface area contributed by atoms with Crippen molar-refractivity contribution in [3.8, 4) is 0 Å². The van der Waals surface area contributed by atoms with Crippen LogP contribution in [0.15, 0.2) is 29.2 Å². The van der Waals surface area contributed by atoms with Crippen LogP contribution in [0.2, 0.25) is 0 Å². The van der Waals surface area contributed by atoms with Gasteiger partial charge in [-0.25, -0.2) is 13.1 Å². The van der Waals surface area contributed by atoms with Gasteiger partial charge in [-0.1, -0.05) is 26.0 Å². The lowest BCUT2D eigenvalue weighted by Crippen LogP contribution is -2.42. The number of sulfonamides is 1. The number of hydrogen-bond acceptors (Lipinski definition) is 3. The van der Waals surface area contributed by atoms with Crippen molar-refractivity contribution in [3.05, 3.63) is 29.8 Å². The summed E-state index contributed by atoms with van der Waals surface area (Å²) in [4.78, 5) is 0.370. The van der Waals surface area contributed by atoms with Crippen LogP contribution in [0, 0.1) is 5.92 Å². The predicted octanol–water partition coefficient (Wildman–Crippen LogP) is 2.73. The zero-order valence-electron chi connectivity index (χ0n) is 13.3. The van der Waals surface area contributed by atoms with Crippen LogP contribution in [-0.4, -0.2) is 27.5 Å². The Hall–Kier alpha value is -0.620. The Morgan fingerprint density at radius 1 is 1.18 bits per heavy atom. The van der Waals surface area contributed by atoms with Crippen molar-refractivity contribution < 1.29 is 8.42 Å². The first-order valence-corrected chi connectivity index (χ1v) is 9.27. The van der Waals surface area contributed by atoms with E-state index in [0.717, 1.165) is 38.8 Å². The summed E-state index contributed by atoms with van der Waals surface area (Å²) in [5.74, 6) is 0.662. The fraction of sp³-hybridized carbons (Fsp3) is 0.625. The highest BCUT2D eigenvalue weighted by atomic mass is 35.5. The van der Waals surface area contributed by atoms with Gasteiger partial charge >= 0.3 is 0 Å². The third-order valence-corrected chi connectivity index (χ3v) is 5.44. The van der Waals surface area contributed by atoms with Crippen molar-refractivity contribution >= 4 is 22.4 Å². The Labute approximate surface area is 140 Å². The topological polar surface area (TPSA) is 58.2 Å². The fourth-order valence-electron chi connectivity index (χ4n) is 2.52. The summed E-state index contributed by atoms with van der Waals surface area (Å²) in [5, 5.41) is 3.24. The molecule has 0 aromatic heterocycles. The summed E-state index contributed by atoms with van der Waals surface area (Å²) in [5.41, 5.74) is 1.20. The second kappa shape index (κ2) is 8.87. The molecule has 0 atom stereocenters. The van der Waals surface area contributed by atoms with E-state index in [1.807, 2.05) is 12.1 Å². The van der Waals surface area contributed by atoms with Gasteiger partial charge in [0.05, 0.1) is 4.90 Å². The zero-order valence-corrected chi connectivity index (χ0v) is 15.0. The lowest BCUT2D eigenvalue weighted by molar-refractivity contribution is 0.427. The summed E-state index contributed by atoms with van der Waals surface area (Å²) in [7, 11) is -3.39. The highest BCUT2D eigenvalue weighted by molar-refractivity contribution is 7.89. The minimum atomic E-state index is -3.39. The van der Waals surface area contributed by atoms with E-state index in [4.69, 9.17) is 0 Å². The Morgan fingerprint density at radius 2 is 1.77 bits per heavy atom. The number of rotatable bonds is 6. The van der Waals surface area contributed by atoms with E-state index >= 15 is 0 Å². The molecule has 22 heavy (non-hydrogen) atoms. The maximum absolute atomic E-state index is 12.3. The molecular weight excluding hydrogens is 320 g/mol. The van der Waals surface area contributed by atoms with Gasteiger partial charge in [0.25, 0.3) is 0 Å². The molecule has 0 spiro atoms. The van der Waals surface area contributed by atoms with Gasteiger partial charge in [-0.3, -0.25) is 0 Å². The van der Waals surface area contributed by atoms with Crippen molar-refractivity contribution in [3.63, 3.8) is 0 Å². The molecule has 1 aliphatic rings. The molecule has 1 fully saturated rings. The van der Waals surface area contributed by atoms with Gasteiger partial charge in [0, 0.05) is 6.04 Å². The third kappa shape index (κ3) is 5.88. The lowest BCUT2D eigenvalue weighted by Gasteiger charge is -2.23. The van der Waals surface area contributed by atoms with Crippen molar-refractivity contribution in [2.75, 3.05) is 13.1 Å². The normalized spacial score (nSPS) is 16.5. The molecule has 0 bridgehead atoms. The summed E-state index contributed by atoms with van der Waals surface area (Å²) in [6.07, 6.45) is 3.83. The molecule has 0 radical (unpaired) electrons. The summed E-state index contributed by atoms with van der Waals surface area (Å²) in [6.45, 7) is 6.15. The number of piperidine rings is 1. The van der Waals surface area contributed by atoms with Crippen LogP contribution in [-0.2, 0) is 16.4 Å². The molecular formula is C16H27ClN2O2S. The molecule has 1 aromatic rings. The highest BCUT2D eigenvalue weighted by Crippen LogP contribution is 2.15. The third-order valence-electron chi connectivity index (χ3n) is 3.90. The second-order valence-corrected chi connectivity index (χ2v) is 7.94. The van der Waals surface area contributed by atoms with Crippen LogP contribution in [0.1, 0.15) is 38.7 Å². The lowest BCUT2D eigenvalue weighted by atomic mass is 10.0. The molecule has 126 valence electrons. The molecule has 2 N–H and O–H groups in total. The largest absolute Gasteiger partial charge is 0.317 e. The number of aryl methyl sites for hydroxylation is 1. The van der Waals surface area contributed by atoms with Crippen molar-refractivity contribution in [1.29, 1.82) is 0 Å². The number of nitrogens with one attached hydrogen (secondary N) is 2. The number of halogens is 1. The molecule has 2 rings (SSSR count). The van der Waals surface area contributed by atoms with E-state index in [9.17, 15) is 8.42 Å². The maximum atomic E-state index is 12.3. The molecule has 1 aromatic carbocycles. The van der Waals surface area contributed by atoms with Crippen LogP contribution >= 0.6 is 12.4 Å². The molecule has 1 heterocycles. The summed E-state index contributed by atoms with van der Waals surface area (Å²) >= 11 is 0. The SMILES string of the molecule is CC(C)CCc1ccc(S(=O)(=O)NC2CCNCC2)cc1.Cl. The molecule has 0 amide bonds. The summed E-state index contributed by atoms with van der Waals surface area (Å²) in [6, 6.07) is 7.36. The number of hydrogen-bond donors (Lipinski definition) is 2. The van der Waals surface area contributed by atoms with E-state index < -0.39 is 10.0 Å². The molecule has 0 saturated carbocycles. The smallest absolute Gasteiger partial charge is 0.240 e. The van der Waals surface area contributed by atoms with Crippen LogP contribution in [0.5, 0.6) is 0 Å². The first kappa shape index (κ1) is 19.4.